The van der Waals surface area contributed by atoms with Gasteiger partial charge < -0.3 is 9.94 Å². The largest absolute Gasteiger partial charge is 0.477 e. The van der Waals surface area contributed by atoms with Crippen LogP contribution in [0.25, 0.3) is 0 Å². The van der Waals surface area contributed by atoms with E-state index >= 15 is 0 Å². The van der Waals surface area contributed by atoms with E-state index in [2.05, 4.69) is 11.2 Å². The Morgan fingerprint density at radius 1 is 1.44 bits per heavy atom. The van der Waals surface area contributed by atoms with Crippen LogP contribution in [0.15, 0.2) is 17.3 Å². The van der Waals surface area contributed by atoms with E-state index in [1.165, 1.54) is 39.0 Å². The summed E-state index contributed by atoms with van der Waals surface area (Å²) in [5, 5.41) is 12.0. The van der Waals surface area contributed by atoms with Crippen LogP contribution >= 0.6 is 0 Å². The van der Waals surface area contributed by atoms with Crippen molar-refractivity contribution in [1.82, 2.24) is 0 Å². The van der Waals surface area contributed by atoms with Gasteiger partial charge in [0.05, 0.1) is 0 Å². The first-order valence-electron chi connectivity index (χ1n) is 5.76. The van der Waals surface area contributed by atoms with Crippen LogP contribution in [0.3, 0.4) is 0 Å². The molecule has 0 amide bonds. The number of carboxylic acids is 1. The Balaban J connectivity index is 2.16. The van der Waals surface area contributed by atoms with Gasteiger partial charge in [0.25, 0.3) is 0 Å². The van der Waals surface area contributed by atoms with Gasteiger partial charge in [-0.1, -0.05) is 30.5 Å². The van der Waals surface area contributed by atoms with Gasteiger partial charge >= 0.3 is 5.97 Å². The maximum Gasteiger partial charge on any atom is 0.353 e. The maximum absolute atomic E-state index is 10.4. The Kier molecular flexibility index (Phi) is 5.61. The molecule has 0 aromatic heterocycles. The molecule has 0 aliphatic heterocycles. The number of rotatable bonds is 5. The highest BCUT2D eigenvalue weighted by atomic mass is 16.6. The van der Waals surface area contributed by atoms with Gasteiger partial charge in [0.15, 0.2) is 5.71 Å². The zero-order valence-electron chi connectivity index (χ0n) is 9.69. The molecule has 0 aromatic carbocycles. The van der Waals surface area contributed by atoms with Crippen molar-refractivity contribution < 1.29 is 14.7 Å². The van der Waals surface area contributed by atoms with E-state index in [0.717, 1.165) is 0 Å². The van der Waals surface area contributed by atoms with Gasteiger partial charge in [-0.2, -0.15) is 0 Å². The lowest BCUT2D eigenvalue weighted by molar-refractivity contribution is -0.129. The molecular formula is C12H19NO3. The fourth-order valence-corrected chi connectivity index (χ4v) is 1.79. The fraction of sp³-hybridized carbons (Fsp3) is 0.667. The lowest BCUT2D eigenvalue weighted by atomic mass is 9.89. The van der Waals surface area contributed by atoms with Crippen LogP contribution in [0.2, 0.25) is 0 Å². The van der Waals surface area contributed by atoms with Crippen LogP contribution in [0.1, 0.15) is 39.0 Å². The molecule has 1 saturated carbocycles. The average Bonchev–Trinajstić information content (AvgIpc) is 2.29. The SMILES string of the molecule is C/C(=N/OC/C=C/C1CCCCC1)C(=O)O. The van der Waals surface area contributed by atoms with E-state index in [0.29, 0.717) is 12.5 Å². The van der Waals surface area contributed by atoms with Crippen molar-refractivity contribution in [1.29, 1.82) is 0 Å². The second kappa shape index (κ2) is 7.04. The smallest absolute Gasteiger partial charge is 0.353 e. The third-order valence-electron chi connectivity index (χ3n) is 2.74. The van der Waals surface area contributed by atoms with Gasteiger partial charge in [0.1, 0.15) is 6.61 Å². The molecule has 4 nitrogen and oxygen atoms in total. The predicted octanol–water partition coefficient (Wildman–Crippen LogP) is 2.60. The summed E-state index contributed by atoms with van der Waals surface area (Å²) in [4.78, 5) is 15.2. The first-order valence-corrected chi connectivity index (χ1v) is 5.76. The summed E-state index contributed by atoms with van der Waals surface area (Å²) in [7, 11) is 0. The van der Waals surface area contributed by atoms with Gasteiger partial charge in [-0.05, 0) is 31.8 Å². The summed E-state index contributed by atoms with van der Waals surface area (Å²) in [5.41, 5.74) is -0.0222. The van der Waals surface area contributed by atoms with E-state index < -0.39 is 5.97 Å². The first-order chi connectivity index (χ1) is 7.70. The Hall–Kier alpha value is -1.32. The van der Waals surface area contributed by atoms with Crippen molar-refractivity contribution in [3.8, 4) is 0 Å². The van der Waals surface area contributed by atoms with Crippen molar-refractivity contribution in [2.45, 2.75) is 39.0 Å². The van der Waals surface area contributed by atoms with Crippen LogP contribution in [0, 0.1) is 5.92 Å². The lowest BCUT2D eigenvalue weighted by Crippen LogP contribution is -2.08. The minimum Gasteiger partial charge on any atom is -0.477 e. The highest BCUT2D eigenvalue weighted by molar-refractivity contribution is 6.34. The summed E-state index contributed by atoms with van der Waals surface area (Å²) in [5.74, 6) is -0.377. The minimum absolute atomic E-state index is 0.0222. The van der Waals surface area contributed by atoms with Crippen LogP contribution in [-0.2, 0) is 9.63 Å². The highest BCUT2D eigenvalue weighted by Gasteiger charge is 2.09. The number of hydrogen-bond acceptors (Lipinski definition) is 3. The van der Waals surface area contributed by atoms with Crippen molar-refractivity contribution in [3.05, 3.63) is 12.2 Å². The summed E-state index contributed by atoms with van der Waals surface area (Å²) in [6, 6.07) is 0. The molecule has 4 heteroatoms. The fourth-order valence-electron chi connectivity index (χ4n) is 1.79. The number of hydrogen-bond donors (Lipinski definition) is 1. The van der Waals surface area contributed by atoms with Gasteiger partial charge in [-0.15, -0.1) is 0 Å². The van der Waals surface area contributed by atoms with Crippen molar-refractivity contribution >= 4 is 11.7 Å². The molecule has 1 aliphatic rings. The summed E-state index contributed by atoms with van der Waals surface area (Å²) >= 11 is 0. The monoisotopic (exact) mass is 225 g/mol. The van der Waals surface area contributed by atoms with Gasteiger partial charge in [-0.3, -0.25) is 0 Å². The minimum atomic E-state index is -1.05. The van der Waals surface area contributed by atoms with E-state index in [1.54, 1.807) is 0 Å². The normalized spacial score (nSPS) is 18.9. The molecule has 1 aliphatic carbocycles. The second-order valence-corrected chi connectivity index (χ2v) is 4.10. The number of nitrogens with zero attached hydrogens (tertiary/aromatic N) is 1. The molecular weight excluding hydrogens is 206 g/mol. The molecule has 1 N–H and O–H groups in total. The van der Waals surface area contributed by atoms with E-state index in [9.17, 15) is 4.79 Å². The molecule has 1 fully saturated rings. The Bertz CT molecular complexity index is 278. The molecule has 0 radical (unpaired) electrons. The van der Waals surface area contributed by atoms with Crippen LogP contribution in [-0.4, -0.2) is 23.4 Å². The molecule has 0 spiro atoms. The number of aliphatic carboxylic acids is 1. The standard InChI is InChI=1S/C12H19NO3/c1-10(12(14)15)13-16-9-5-8-11-6-3-2-4-7-11/h5,8,11H,2-4,6-7,9H2,1H3,(H,14,15)/b8-5+,13-10-. The van der Waals surface area contributed by atoms with E-state index in [1.807, 2.05) is 6.08 Å². The van der Waals surface area contributed by atoms with Crippen LogP contribution in [0.4, 0.5) is 0 Å². The van der Waals surface area contributed by atoms with E-state index in [4.69, 9.17) is 9.94 Å². The van der Waals surface area contributed by atoms with Crippen molar-refractivity contribution in [2.75, 3.05) is 6.61 Å². The number of oxime groups is 1. The zero-order valence-corrected chi connectivity index (χ0v) is 9.69. The second-order valence-electron chi connectivity index (χ2n) is 4.10. The Morgan fingerprint density at radius 2 is 2.12 bits per heavy atom. The first kappa shape index (κ1) is 12.7. The Labute approximate surface area is 96.0 Å². The summed E-state index contributed by atoms with van der Waals surface area (Å²) < 4.78 is 0. The zero-order chi connectivity index (χ0) is 11.8. The van der Waals surface area contributed by atoms with Crippen LogP contribution < -0.4 is 0 Å². The molecule has 0 saturated heterocycles. The van der Waals surface area contributed by atoms with Gasteiger partial charge in [-0.25, -0.2) is 4.79 Å². The van der Waals surface area contributed by atoms with E-state index in [-0.39, 0.29) is 5.71 Å². The number of carboxylic acid groups (broad SMARTS) is 1. The molecule has 1 rings (SSSR count). The average molecular weight is 225 g/mol. The van der Waals surface area contributed by atoms with Crippen molar-refractivity contribution in [3.63, 3.8) is 0 Å². The lowest BCUT2D eigenvalue weighted by Gasteiger charge is -2.17. The van der Waals surface area contributed by atoms with Gasteiger partial charge in [0.2, 0.25) is 0 Å². The third-order valence-corrected chi connectivity index (χ3v) is 2.74. The molecule has 0 aromatic rings. The molecule has 0 unspecified atom stereocenters. The molecule has 0 bridgehead atoms. The summed E-state index contributed by atoms with van der Waals surface area (Å²) in [6.07, 6.45) is 10.6. The third kappa shape index (κ3) is 4.96. The Morgan fingerprint density at radius 3 is 2.75 bits per heavy atom. The number of allylic oxidation sites excluding steroid dienone is 1. The maximum atomic E-state index is 10.4. The molecule has 90 valence electrons. The van der Waals surface area contributed by atoms with Crippen LogP contribution in [0.5, 0.6) is 0 Å². The highest BCUT2D eigenvalue weighted by Crippen LogP contribution is 2.24. The molecule has 16 heavy (non-hydrogen) atoms. The van der Waals surface area contributed by atoms with Gasteiger partial charge in [0, 0.05) is 0 Å². The predicted molar refractivity (Wildman–Crippen MR) is 62.4 cm³/mol. The molecule has 0 atom stereocenters. The van der Waals surface area contributed by atoms with Crippen molar-refractivity contribution in [2.24, 2.45) is 11.1 Å². The summed E-state index contributed by atoms with van der Waals surface area (Å²) in [6.45, 7) is 1.76. The number of carbonyl (C=O) groups is 1. The topological polar surface area (TPSA) is 58.9 Å². The quantitative estimate of drug-likeness (QED) is 0.338. The molecule has 0 heterocycles.